The molecule has 29 heavy (non-hydrogen) atoms. The molecule has 2 unspecified atom stereocenters. The lowest BCUT2D eigenvalue weighted by Gasteiger charge is -2.61. The molecule has 7 atom stereocenters. The molecule has 4 saturated carbocycles. The van der Waals surface area contributed by atoms with Crippen molar-refractivity contribution >= 4 is 29.8 Å². The first-order valence-corrected chi connectivity index (χ1v) is 11.0. The third-order valence-corrected chi connectivity index (χ3v) is 9.03. The molecule has 4 aliphatic rings. The van der Waals surface area contributed by atoms with Crippen LogP contribution in [0, 0.1) is 40.4 Å². The highest BCUT2D eigenvalue weighted by Crippen LogP contribution is 2.66. The van der Waals surface area contributed by atoms with E-state index in [-0.39, 0.29) is 41.0 Å². The van der Waals surface area contributed by atoms with E-state index in [1.54, 1.807) is 0 Å². The Kier molecular flexibility index (Phi) is 6.36. The maximum Gasteiger partial charge on any atom is 0.220 e. The zero-order valence-electron chi connectivity index (χ0n) is 17.7. The van der Waals surface area contributed by atoms with Gasteiger partial charge in [-0.05, 0) is 74.0 Å². The van der Waals surface area contributed by atoms with Gasteiger partial charge in [0, 0.05) is 24.3 Å². The molecule has 1 amide bonds. The second kappa shape index (κ2) is 8.18. The number of hydrogen-bond acceptors (Lipinski definition) is 5. The summed E-state index contributed by atoms with van der Waals surface area (Å²) < 4.78 is 0. The molecule has 0 radical (unpaired) electrons. The molecule has 0 aromatic heterocycles. The van der Waals surface area contributed by atoms with Crippen LogP contribution in [0.15, 0.2) is 5.16 Å². The fraction of sp³-hybridized carbons (Fsp3) is 0.864. The largest absolute Gasteiger partial charge is 0.395 e. The van der Waals surface area contributed by atoms with E-state index in [9.17, 15) is 9.59 Å². The van der Waals surface area contributed by atoms with Crippen molar-refractivity contribution in [1.29, 1.82) is 0 Å². The molecule has 6 nitrogen and oxygen atoms in total. The number of hydrogen-bond donors (Lipinski definition) is 2. The minimum atomic E-state index is -0.185. The molecule has 4 aliphatic carbocycles. The number of Topliss-reactive ketones (excluding diaryl/α,β-unsaturated/α-hetero) is 1. The summed E-state index contributed by atoms with van der Waals surface area (Å²) in [4.78, 5) is 30.4. The minimum Gasteiger partial charge on any atom is -0.395 e. The third-order valence-electron chi connectivity index (χ3n) is 9.03. The Morgan fingerprint density at radius 2 is 1.93 bits per heavy atom. The average molecular weight is 426 g/mol. The van der Waals surface area contributed by atoms with E-state index in [1.807, 2.05) is 0 Å². The molecule has 4 rings (SSSR count). The van der Waals surface area contributed by atoms with Crippen LogP contribution in [0.5, 0.6) is 0 Å². The van der Waals surface area contributed by atoms with Crippen molar-refractivity contribution in [3.63, 3.8) is 0 Å². The van der Waals surface area contributed by atoms with Gasteiger partial charge in [0.25, 0.3) is 0 Å². The van der Waals surface area contributed by atoms with Crippen molar-refractivity contribution < 1.29 is 14.4 Å². The highest BCUT2D eigenvalue weighted by Gasteiger charge is 2.62. The third kappa shape index (κ3) is 3.50. The van der Waals surface area contributed by atoms with Crippen LogP contribution in [0.4, 0.5) is 0 Å². The number of carbonyl (C=O) groups is 2. The van der Waals surface area contributed by atoms with Gasteiger partial charge in [0.2, 0.25) is 5.91 Å². The molecule has 0 bridgehead atoms. The summed E-state index contributed by atoms with van der Waals surface area (Å²) in [6, 6.07) is 0. The SMILES string of the molecule is C[C@]12CCC(=NOCCN)CC1C(C(N)=O)C[C@@H]1[C@H]2CC[C@]2(C)C(=O)CC[C@@H]12.Cl. The van der Waals surface area contributed by atoms with Gasteiger partial charge >= 0.3 is 0 Å². The standard InChI is InChI=1S/C22H35N3O3.ClH/c1-21-7-5-13(25-28-10-9-23)11-18(21)15(20(24)27)12-14-16-3-4-19(26)22(16,2)8-6-17(14)21;/h14-18H,3-12,23H2,1-2H3,(H2,24,27);1H/t14-,15?,16-,17+,18?,21+,22-;/m0./s1. The van der Waals surface area contributed by atoms with Crippen molar-refractivity contribution in [2.75, 3.05) is 13.2 Å². The lowest BCUT2D eigenvalue weighted by atomic mass is 9.43. The van der Waals surface area contributed by atoms with Crippen molar-refractivity contribution in [3.05, 3.63) is 0 Å². The van der Waals surface area contributed by atoms with Gasteiger partial charge in [-0.25, -0.2) is 0 Å². The van der Waals surface area contributed by atoms with Gasteiger partial charge in [0.05, 0.1) is 5.71 Å². The summed E-state index contributed by atoms with van der Waals surface area (Å²) in [5, 5.41) is 4.31. The summed E-state index contributed by atoms with van der Waals surface area (Å²) in [6.45, 7) is 5.42. The van der Waals surface area contributed by atoms with E-state index in [0.29, 0.717) is 43.1 Å². The van der Waals surface area contributed by atoms with Crippen LogP contribution in [0.25, 0.3) is 0 Å². The van der Waals surface area contributed by atoms with Crippen LogP contribution < -0.4 is 11.5 Å². The second-order valence-corrected chi connectivity index (χ2v) is 10.1. The van der Waals surface area contributed by atoms with E-state index < -0.39 is 0 Å². The molecule has 0 aromatic rings. The van der Waals surface area contributed by atoms with Crippen LogP contribution in [-0.4, -0.2) is 30.6 Å². The summed E-state index contributed by atoms with van der Waals surface area (Å²) >= 11 is 0. The topological polar surface area (TPSA) is 108 Å². The zero-order chi connectivity index (χ0) is 20.1. The van der Waals surface area contributed by atoms with Crippen molar-refractivity contribution in [2.45, 2.75) is 65.2 Å². The fourth-order valence-corrected chi connectivity index (χ4v) is 7.50. The van der Waals surface area contributed by atoms with E-state index in [1.165, 1.54) is 0 Å². The highest BCUT2D eigenvalue weighted by molar-refractivity contribution is 5.88. The van der Waals surface area contributed by atoms with Crippen LogP contribution in [0.3, 0.4) is 0 Å². The molecule has 0 aromatic carbocycles. The van der Waals surface area contributed by atoms with Crippen LogP contribution in [0.1, 0.15) is 65.2 Å². The van der Waals surface area contributed by atoms with E-state index in [0.717, 1.165) is 50.7 Å². The monoisotopic (exact) mass is 425 g/mol. The first-order valence-electron chi connectivity index (χ1n) is 11.0. The Morgan fingerprint density at radius 3 is 2.62 bits per heavy atom. The highest BCUT2D eigenvalue weighted by atomic mass is 35.5. The number of fused-ring (bicyclic) bond motifs is 5. The Labute approximate surface area is 179 Å². The van der Waals surface area contributed by atoms with Gasteiger partial charge in [-0.1, -0.05) is 19.0 Å². The molecule has 0 saturated heterocycles. The van der Waals surface area contributed by atoms with Crippen LogP contribution in [-0.2, 0) is 14.4 Å². The minimum absolute atomic E-state index is 0. The Balaban J connectivity index is 0.00000240. The van der Waals surface area contributed by atoms with Gasteiger partial charge in [-0.3, -0.25) is 9.59 Å². The predicted molar refractivity (Wildman–Crippen MR) is 114 cm³/mol. The quantitative estimate of drug-likeness (QED) is 0.532. The van der Waals surface area contributed by atoms with Crippen molar-refractivity contribution in [2.24, 2.45) is 57.0 Å². The van der Waals surface area contributed by atoms with E-state index in [2.05, 4.69) is 19.0 Å². The molecule has 0 aliphatic heterocycles. The molecular weight excluding hydrogens is 390 g/mol. The predicted octanol–water partition coefficient (Wildman–Crippen LogP) is 3.06. The van der Waals surface area contributed by atoms with E-state index in [4.69, 9.17) is 16.3 Å². The summed E-state index contributed by atoms with van der Waals surface area (Å²) in [5.74, 6) is 1.77. The lowest BCUT2D eigenvalue weighted by molar-refractivity contribution is -0.150. The first kappa shape index (κ1) is 22.5. The number of primary amides is 1. The normalized spacial score (nSPS) is 45.0. The van der Waals surface area contributed by atoms with Crippen molar-refractivity contribution in [3.8, 4) is 0 Å². The molecule has 164 valence electrons. The lowest BCUT2D eigenvalue weighted by Crippen LogP contribution is -2.58. The number of rotatable bonds is 4. The van der Waals surface area contributed by atoms with Gasteiger partial charge in [-0.2, -0.15) is 0 Å². The number of carbonyl (C=O) groups excluding carboxylic acids is 2. The second-order valence-electron chi connectivity index (χ2n) is 10.1. The molecule has 4 N–H and O–H groups in total. The number of amides is 1. The molecule has 4 fully saturated rings. The summed E-state index contributed by atoms with van der Waals surface area (Å²) in [7, 11) is 0. The first-order chi connectivity index (χ1) is 13.3. The van der Waals surface area contributed by atoms with Gasteiger partial charge in [0.1, 0.15) is 12.4 Å². The summed E-state index contributed by atoms with van der Waals surface area (Å²) in [5.41, 5.74) is 12.4. The fourth-order valence-electron chi connectivity index (χ4n) is 7.50. The number of halogens is 1. The molecule has 7 heteroatoms. The van der Waals surface area contributed by atoms with E-state index >= 15 is 0 Å². The number of oxime groups is 1. The van der Waals surface area contributed by atoms with Crippen molar-refractivity contribution in [1.82, 2.24) is 0 Å². The molecule has 0 heterocycles. The van der Waals surface area contributed by atoms with Gasteiger partial charge < -0.3 is 16.3 Å². The number of nitrogens with zero attached hydrogens (tertiary/aromatic N) is 1. The Morgan fingerprint density at radius 1 is 1.17 bits per heavy atom. The number of nitrogens with two attached hydrogens (primary N) is 2. The smallest absolute Gasteiger partial charge is 0.220 e. The maximum atomic E-state index is 12.6. The Hall–Kier alpha value is -1.14. The van der Waals surface area contributed by atoms with Gasteiger partial charge in [0.15, 0.2) is 0 Å². The molecule has 0 spiro atoms. The summed E-state index contributed by atoms with van der Waals surface area (Å²) in [6.07, 6.45) is 7.35. The van der Waals surface area contributed by atoms with Gasteiger partial charge in [-0.15, -0.1) is 12.4 Å². The van der Waals surface area contributed by atoms with Crippen LogP contribution in [0.2, 0.25) is 0 Å². The average Bonchev–Trinajstić information content (AvgIpc) is 2.96. The molecular formula is C22H36ClN3O3. The number of ketones is 1. The Bertz CT molecular complexity index is 699. The van der Waals surface area contributed by atoms with Crippen LogP contribution >= 0.6 is 12.4 Å². The maximum absolute atomic E-state index is 12.6. The zero-order valence-corrected chi connectivity index (χ0v) is 18.5.